The monoisotopic (exact) mass is 487 g/mol. The van der Waals surface area contributed by atoms with Crippen molar-refractivity contribution in [2.45, 2.75) is 25.4 Å². The van der Waals surface area contributed by atoms with Crippen molar-refractivity contribution in [3.63, 3.8) is 0 Å². The molecule has 5 rings (SSSR count). The Bertz CT molecular complexity index is 1350. The molecule has 0 saturated carbocycles. The van der Waals surface area contributed by atoms with E-state index in [4.69, 9.17) is 0 Å². The van der Waals surface area contributed by atoms with E-state index < -0.39 is 0 Å². The number of amides is 2. The second-order valence-electron chi connectivity index (χ2n) is 9.01. The molecule has 1 fully saturated rings. The molecule has 8 heteroatoms. The molecule has 2 aromatic heterocycles. The number of rotatable bonds is 6. The van der Waals surface area contributed by atoms with E-state index in [2.05, 4.69) is 42.0 Å². The number of hydrogen-bond donors (Lipinski definition) is 1. The van der Waals surface area contributed by atoms with E-state index in [0.717, 1.165) is 27.3 Å². The Kier molecular flexibility index (Phi) is 6.63. The van der Waals surface area contributed by atoms with Crippen molar-refractivity contribution in [1.29, 1.82) is 0 Å². The Morgan fingerprint density at radius 3 is 2.40 bits per heavy atom. The van der Waals surface area contributed by atoms with Gasteiger partial charge < -0.3 is 14.8 Å². The van der Waals surface area contributed by atoms with Crippen LogP contribution in [0, 0.1) is 13.8 Å². The maximum Gasteiger partial charge on any atom is 0.233 e. The highest BCUT2D eigenvalue weighted by atomic mass is 32.2. The predicted molar refractivity (Wildman–Crippen MR) is 139 cm³/mol. The Morgan fingerprint density at radius 1 is 0.971 bits per heavy atom. The first-order chi connectivity index (χ1) is 17.0. The van der Waals surface area contributed by atoms with Crippen LogP contribution in [-0.4, -0.2) is 68.1 Å². The van der Waals surface area contributed by atoms with Crippen molar-refractivity contribution >= 4 is 34.5 Å². The molecule has 180 valence electrons. The van der Waals surface area contributed by atoms with Crippen LogP contribution < -0.4 is 0 Å². The normalized spacial score (nSPS) is 14.0. The van der Waals surface area contributed by atoms with E-state index in [0.29, 0.717) is 38.4 Å². The standard InChI is InChI=1S/C27H29N5O2S/c1-19-13-20(2)15-22(14-19)32-8-7-28-27(32)35-18-26(34)31-11-9-30(10-12-31)25(33)16-21-17-29-24-6-4-3-5-23(21)24/h3-8,13-15,17,29H,9-12,16,18H2,1-2H3. The molecule has 0 radical (unpaired) electrons. The first-order valence-electron chi connectivity index (χ1n) is 11.8. The number of H-pyrrole nitrogens is 1. The Labute approximate surface area is 209 Å². The highest BCUT2D eigenvalue weighted by Crippen LogP contribution is 2.23. The lowest BCUT2D eigenvalue weighted by Gasteiger charge is -2.34. The number of nitrogens with zero attached hydrogens (tertiary/aromatic N) is 4. The summed E-state index contributed by atoms with van der Waals surface area (Å²) in [6, 6.07) is 14.4. The first kappa shape index (κ1) is 23.2. The number of hydrogen-bond acceptors (Lipinski definition) is 4. The van der Waals surface area contributed by atoms with Gasteiger partial charge in [0.2, 0.25) is 11.8 Å². The molecule has 2 aromatic carbocycles. The van der Waals surface area contributed by atoms with Gasteiger partial charge in [0.1, 0.15) is 0 Å². The van der Waals surface area contributed by atoms with Crippen molar-refractivity contribution in [3.8, 4) is 5.69 Å². The largest absolute Gasteiger partial charge is 0.361 e. The van der Waals surface area contributed by atoms with Crippen LogP contribution in [0.3, 0.4) is 0 Å². The summed E-state index contributed by atoms with van der Waals surface area (Å²) in [6.07, 6.45) is 5.98. The molecule has 0 unspecified atom stereocenters. The lowest BCUT2D eigenvalue weighted by molar-refractivity contribution is -0.137. The number of fused-ring (bicyclic) bond motifs is 1. The van der Waals surface area contributed by atoms with Gasteiger partial charge in [0.25, 0.3) is 0 Å². The van der Waals surface area contributed by atoms with Gasteiger partial charge in [0.15, 0.2) is 5.16 Å². The second kappa shape index (κ2) is 10.00. The average Bonchev–Trinajstić information content (AvgIpc) is 3.49. The van der Waals surface area contributed by atoms with Crippen molar-refractivity contribution in [2.24, 2.45) is 0 Å². The minimum Gasteiger partial charge on any atom is -0.361 e. The molecule has 4 aromatic rings. The molecular weight excluding hydrogens is 458 g/mol. The summed E-state index contributed by atoms with van der Waals surface area (Å²) in [5, 5.41) is 1.89. The number of aromatic nitrogens is 3. The topological polar surface area (TPSA) is 74.2 Å². The van der Waals surface area contributed by atoms with E-state index in [9.17, 15) is 9.59 Å². The molecule has 1 aliphatic rings. The number of thioether (sulfide) groups is 1. The van der Waals surface area contributed by atoms with Crippen LogP contribution in [0.2, 0.25) is 0 Å². The van der Waals surface area contributed by atoms with Crippen LogP contribution in [0.25, 0.3) is 16.6 Å². The summed E-state index contributed by atoms with van der Waals surface area (Å²) >= 11 is 1.45. The van der Waals surface area contributed by atoms with Gasteiger partial charge in [-0.25, -0.2) is 4.98 Å². The van der Waals surface area contributed by atoms with Gasteiger partial charge >= 0.3 is 0 Å². The maximum absolute atomic E-state index is 12.9. The van der Waals surface area contributed by atoms with Crippen molar-refractivity contribution in [3.05, 3.63) is 77.7 Å². The summed E-state index contributed by atoms with van der Waals surface area (Å²) in [4.78, 5) is 37.2. The quantitative estimate of drug-likeness (QED) is 0.418. The van der Waals surface area contributed by atoms with Gasteiger partial charge in [-0.2, -0.15) is 0 Å². The summed E-state index contributed by atoms with van der Waals surface area (Å²) in [7, 11) is 0. The van der Waals surface area contributed by atoms with Crippen molar-refractivity contribution in [2.75, 3.05) is 31.9 Å². The van der Waals surface area contributed by atoms with Gasteiger partial charge in [0.05, 0.1) is 12.2 Å². The highest BCUT2D eigenvalue weighted by Gasteiger charge is 2.25. The second-order valence-corrected chi connectivity index (χ2v) is 9.95. The van der Waals surface area contributed by atoms with Crippen LogP contribution >= 0.6 is 11.8 Å². The number of carbonyl (C=O) groups excluding carboxylic acids is 2. The molecule has 0 spiro atoms. The number of nitrogens with one attached hydrogen (secondary N) is 1. The van der Waals surface area contributed by atoms with E-state index in [-0.39, 0.29) is 11.8 Å². The molecule has 0 aliphatic carbocycles. The summed E-state index contributed by atoms with van der Waals surface area (Å²) in [5.41, 5.74) is 5.49. The minimum absolute atomic E-state index is 0.0775. The van der Waals surface area contributed by atoms with E-state index in [1.165, 1.54) is 22.9 Å². The fraction of sp³-hybridized carbons (Fsp3) is 0.296. The predicted octanol–water partition coefficient (Wildman–Crippen LogP) is 3.98. The first-order valence-corrected chi connectivity index (χ1v) is 12.8. The molecular formula is C27H29N5O2S. The average molecular weight is 488 g/mol. The third-order valence-electron chi connectivity index (χ3n) is 6.42. The summed E-state index contributed by atoms with van der Waals surface area (Å²) < 4.78 is 2.03. The molecule has 0 atom stereocenters. The number of para-hydroxylation sites is 1. The summed E-state index contributed by atoms with van der Waals surface area (Å²) in [6.45, 7) is 6.40. The van der Waals surface area contributed by atoms with E-state index in [1.807, 2.05) is 51.0 Å². The number of carbonyl (C=O) groups is 2. The van der Waals surface area contributed by atoms with Gasteiger partial charge in [0, 0.05) is 61.4 Å². The van der Waals surface area contributed by atoms with Gasteiger partial charge in [-0.1, -0.05) is 36.0 Å². The molecule has 2 amide bonds. The fourth-order valence-electron chi connectivity index (χ4n) is 4.66. The number of piperazine rings is 1. The smallest absolute Gasteiger partial charge is 0.233 e. The zero-order valence-corrected chi connectivity index (χ0v) is 20.8. The van der Waals surface area contributed by atoms with Gasteiger partial charge in [-0.05, 0) is 48.7 Å². The number of imidazole rings is 1. The summed E-state index contributed by atoms with van der Waals surface area (Å²) in [5.74, 6) is 0.505. The molecule has 1 N–H and O–H groups in total. The molecule has 0 bridgehead atoms. The Hall–Kier alpha value is -3.52. The third kappa shape index (κ3) is 5.12. The molecule has 3 heterocycles. The fourth-order valence-corrected chi connectivity index (χ4v) is 5.53. The van der Waals surface area contributed by atoms with Crippen LogP contribution in [0.15, 0.2) is 66.2 Å². The van der Waals surface area contributed by atoms with E-state index >= 15 is 0 Å². The minimum atomic E-state index is 0.0775. The molecule has 1 saturated heterocycles. The van der Waals surface area contributed by atoms with Crippen LogP contribution in [0.1, 0.15) is 16.7 Å². The van der Waals surface area contributed by atoms with Gasteiger partial charge in [-0.15, -0.1) is 0 Å². The lowest BCUT2D eigenvalue weighted by atomic mass is 10.1. The number of aromatic amines is 1. The van der Waals surface area contributed by atoms with Crippen molar-refractivity contribution < 1.29 is 9.59 Å². The van der Waals surface area contributed by atoms with E-state index in [1.54, 1.807) is 6.20 Å². The Morgan fingerprint density at radius 2 is 1.66 bits per heavy atom. The van der Waals surface area contributed by atoms with Crippen LogP contribution in [-0.2, 0) is 16.0 Å². The molecule has 1 aliphatic heterocycles. The molecule has 7 nitrogen and oxygen atoms in total. The third-order valence-corrected chi connectivity index (χ3v) is 7.37. The van der Waals surface area contributed by atoms with Gasteiger partial charge in [-0.3, -0.25) is 14.2 Å². The Balaban J connectivity index is 1.14. The SMILES string of the molecule is Cc1cc(C)cc(-n2ccnc2SCC(=O)N2CCN(C(=O)Cc3c[nH]c4ccccc34)CC2)c1. The number of benzene rings is 2. The maximum atomic E-state index is 12.9. The van der Waals surface area contributed by atoms with Crippen LogP contribution in [0.4, 0.5) is 0 Å². The zero-order valence-electron chi connectivity index (χ0n) is 20.0. The van der Waals surface area contributed by atoms with Crippen LogP contribution in [0.5, 0.6) is 0 Å². The number of aryl methyl sites for hydroxylation is 2. The lowest BCUT2D eigenvalue weighted by Crippen LogP contribution is -2.51. The molecule has 35 heavy (non-hydrogen) atoms. The highest BCUT2D eigenvalue weighted by molar-refractivity contribution is 7.99. The zero-order chi connectivity index (χ0) is 24.4. The van der Waals surface area contributed by atoms with Crippen molar-refractivity contribution in [1.82, 2.24) is 24.3 Å².